The van der Waals surface area contributed by atoms with Gasteiger partial charge in [0, 0.05) is 13.1 Å². The fourth-order valence-corrected chi connectivity index (χ4v) is 1.78. The Morgan fingerprint density at radius 1 is 1.21 bits per heavy atom. The first-order valence-corrected chi connectivity index (χ1v) is 6.12. The number of anilines is 1. The molecule has 0 spiro atoms. The SMILES string of the molecule is CCN(CC)c1noc(Cc2noc(C)c2C#N)n1. The van der Waals surface area contributed by atoms with Gasteiger partial charge in [0.15, 0.2) is 5.76 Å². The molecule has 2 rings (SSSR count). The van der Waals surface area contributed by atoms with Gasteiger partial charge in [-0.05, 0) is 25.9 Å². The van der Waals surface area contributed by atoms with Gasteiger partial charge in [-0.15, -0.1) is 0 Å². The minimum absolute atomic E-state index is 0.300. The summed E-state index contributed by atoms with van der Waals surface area (Å²) >= 11 is 0. The van der Waals surface area contributed by atoms with Crippen LogP contribution < -0.4 is 4.90 Å². The standard InChI is InChI=1S/C12H15N5O2/c1-4-17(5-2)12-14-11(19-16-12)6-10-9(7-13)8(3)18-15-10/h4-6H2,1-3H3. The maximum Gasteiger partial charge on any atom is 0.266 e. The van der Waals surface area contributed by atoms with Crippen LogP contribution in [0.1, 0.15) is 36.8 Å². The highest BCUT2D eigenvalue weighted by molar-refractivity contribution is 5.36. The van der Waals surface area contributed by atoms with Crippen molar-refractivity contribution in [3.63, 3.8) is 0 Å². The van der Waals surface area contributed by atoms with Crippen LogP contribution in [0.15, 0.2) is 9.05 Å². The summed E-state index contributed by atoms with van der Waals surface area (Å²) in [5.41, 5.74) is 0.956. The Morgan fingerprint density at radius 2 is 1.95 bits per heavy atom. The third-order valence-corrected chi connectivity index (χ3v) is 2.87. The van der Waals surface area contributed by atoms with Crippen LogP contribution in [0.4, 0.5) is 5.95 Å². The molecule has 0 unspecified atom stereocenters. The van der Waals surface area contributed by atoms with Crippen LogP contribution in [0.2, 0.25) is 0 Å². The van der Waals surface area contributed by atoms with E-state index < -0.39 is 0 Å². The summed E-state index contributed by atoms with van der Waals surface area (Å²) in [6, 6.07) is 2.06. The zero-order valence-electron chi connectivity index (χ0n) is 11.2. The fourth-order valence-electron chi connectivity index (χ4n) is 1.78. The van der Waals surface area contributed by atoms with Gasteiger partial charge in [-0.25, -0.2) is 0 Å². The van der Waals surface area contributed by atoms with Crippen LogP contribution in [0.5, 0.6) is 0 Å². The second-order valence-electron chi connectivity index (χ2n) is 4.01. The van der Waals surface area contributed by atoms with Crippen LogP contribution in [-0.2, 0) is 6.42 Å². The van der Waals surface area contributed by atoms with Crippen molar-refractivity contribution in [1.29, 1.82) is 5.26 Å². The van der Waals surface area contributed by atoms with E-state index >= 15 is 0 Å². The van der Waals surface area contributed by atoms with Crippen molar-refractivity contribution >= 4 is 5.95 Å². The molecule has 0 aliphatic rings. The molecule has 7 nitrogen and oxygen atoms in total. The zero-order chi connectivity index (χ0) is 13.8. The van der Waals surface area contributed by atoms with Crippen LogP contribution in [0.3, 0.4) is 0 Å². The molecule has 0 amide bonds. The number of aromatic nitrogens is 3. The minimum atomic E-state index is 0.300. The Balaban J connectivity index is 2.18. The monoisotopic (exact) mass is 261 g/mol. The summed E-state index contributed by atoms with van der Waals surface area (Å²) in [6.07, 6.45) is 0.300. The maximum absolute atomic E-state index is 9.01. The third-order valence-electron chi connectivity index (χ3n) is 2.87. The molecule has 0 bridgehead atoms. The highest BCUT2D eigenvalue weighted by Crippen LogP contribution is 2.17. The maximum atomic E-state index is 9.01. The second kappa shape index (κ2) is 5.52. The lowest BCUT2D eigenvalue weighted by Crippen LogP contribution is -2.23. The molecule has 2 aromatic rings. The van der Waals surface area contributed by atoms with Gasteiger partial charge in [-0.2, -0.15) is 10.2 Å². The number of nitriles is 1. The molecule has 0 N–H and O–H groups in total. The smallest absolute Gasteiger partial charge is 0.266 e. The van der Waals surface area contributed by atoms with Gasteiger partial charge < -0.3 is 13.9 Å². The molecule has 0 aliphatic carbocycles. The van der Waals surface area contributed by atoms with E-state index in [-0.39, 0.29) is 0 Å². The number of aryl methyl sites for hydroxylation is 1. The lowest BCUT2D eigenvalue weighted by atomic mass is 10.2. The zero-order valence-corrected chi connectivity index (χ0v) is 11.2. The van der Waals surface area contributed by atoms with Crippen LogP contribution in [0.25, 0.3) is 0 Å². The lowest BCUT2D eigenvalue weighted by Gasteiger charge is -2.14. The van der Waals surface area contributed by atoms with Crippen LogP contribution in [0, 0.1) is 18.3 Å². The summed E-state index contributed by atoms with van der Waals surface area (Å²) in [5.74, 6) is 1.48. The number of hydrogen-bond donors (Lipinski definition) is 0. The average molecular weight is 261 g/mol. The van der Waals surface area contributed by atoms with Crippen molar-refractivity contribution in [2.24, 2.45) is 0 Å². The highest BCUT2D eigenvalue weighted by atomic mass is 16.5. The molecule has 7 heteroatoms. The van der Waals surface area contributed by atoms with Crippen molar-refractivity contribution in [3.8, 4) is 6.07 Å². The van der Waals surface area contributed by atoms with Gasteiger partial charge in [0.25, 0.3) is 5.95 Å². The Bertz CT molecular complexity index is 592. The van der Waals surface area contributed by atoms with Gasteiger partial charge in [0.05, 0.1) is 6.42 Å². The molecule has 2 heterocycles. The van der Waals surface area contributed by atoms with Gasteiger partial charge in [0.2, 0.25) is 5.89 Å². The quantitative estimate of drug-likeness (QED) is 0.808. The van der Waals surface area contributed by atoms with Gasteiger partial charge >= 0.3 is 0 Å². The summed E-state index contributed by atoms with van der Waals surface area (Å²) in [6.45, 7) is 7.36. The van der Waals surface area contributed by atoms with Crippen molar-refractivity contribution in [2.75, 3.05) is 18.0 Å². The first-order chi connectivity index (χ1) is 9.19. The second-order valence-corrected chi connectivity index (χ2v) is 4.01. The summed E-state index contributed by atoms with van der Waals surface area (Å²) in [5, 5.41) is 16.8. The summed E-state index contributed by atoms with van der Waals surface area (Å²) < 4.78 is 10.2. The third kappa shape index (κ3) is 2.57. The normalized spacial score (nSPS) is 10.4. The molecule has 0 saturated carbocycles. The molecular formula is C12H15N5O2. The van der Waals surface area contributed by atoms with Crippen molar-refractivity contribution in [1.82, 2.24) is 15.3 Å². The molecule has 0 atom stereocenters. The Morgan fingerprint density at radius 3 is 2.58 bits per heavy atom. The van der Waals surface area contributed by atoms with Crippen LogP contribution >= 0.6 is 0 Å². The van der Waals surface area contributed by atoms with E-state index in [1.54, 1.807) is 6.92 Å². The molecule has 100 valence electrons. The lowest BCUT2D eigenvalue weighted by molar-refractivity contribution is 0.371. The number of hydrogen-bond acceptors (Lipinski definition) is 7. The molecule has 2 aromatic heterocycles. The molecule has 19 heavy (non-hydrogen) atoms. The van der Waals surface area contributed by atoms with Crippen molar-refractivity contribution < 1.29 is 9.05 Å². The van der Waals surface area contributed by atoms with Crippen molar-refractivity contribution in [2.45, 2.75) is 27.2 Å². The van der Waals surface area contributed by atoms with Gasteiger partial charge in [-0.1, -0.05) is 5.16 Å². The average Bonchev–Trinajstić information content (AvgIpc) is 2.99. The van der Waals surface area contributed by atoms with E-state index in [0.717, 1.165) is 13.1 Å². The molecule has 0 aliphatic heterocycles. The van der Waals surface area contributed by atoms with Gasteiger partial charge in [-0.3, -0.25) is 0 Å². The van der Waals surface area contributed by atoms with E-state index in [1.165, 1.54) is 0 Å². The van der Waals surface area contributed by atoms with E-state index in [4.69, 9.17) is 14.3 Å². The Kier molecular flexibility index (Phi) is 3.80. The van der Waals surface area contributed by atoms with Crippen LogP contribution in [-0.4, -0.2) is 28.4 Å². The highest BCUT2D eigenvalue weighted by Gasteiger charge is 2.17. The first-order valence-electron chi connectivity index (χ1n) is 6.12. The van der Waals surface area contributed by atoms with E-state index in [1.807, 2.05) is 18.7 Å². The minimum Gasteiger partial charge on any atom is -0.360 e. The van der Waals surface area contributed by atoms with E-state index in [0.29, 0.717) is 35.3 Å². The summed E-state index contributed by atoms with van der Waals surface area (Å²) in [7, 11) is 0. The van der Waals surface area contributed by atoms with E-state index in [9.17, 15) is 0 Å². The Labute approximate surface area is 110 Å². The molecule has 0 radical (unpaired) electrons. The Hall–Kier alpha value is -2.36. The van der Waals surface area contributed by atoms with E-state index in [2.05, 4.69) is 21.4 Å². The largest absolute Gasteiger partial charge is 0.360 e. The summed E-state index contributed by atoms with van der Waals surface area (Å²) in [4.78, 5) is 6.27. The predicted octanol–water partition coefficient (Wildman–Crippen LogP) is 1.67. The molecule has 0 saturated heterocycles. The number of nitrogens with zero attached hydrogens (tertiary/aromatic N) is 5. The first kappa shape index (κ1) is 13.1. The van der Waals surface area contributed by atoms with Crippen molar-refractivity contribution in [3.05, 3.63) is 22.9 Å². The number of rotatable bonds is 5. The molecule has 0 fully saturated rings. The molecular weight excluding hydrogens is 246 g/mol. The molecule has 0 aromatic carbocycles. The predicted molar refractivity (Wildman–Crippen MR) is 66.6 cm³/mol. The fraction of sp³-hybridized carbons (Fsp3) is 0.500. The topological polar surface area (TPSA) is 92.0 Å². The van der Waals surface area contributed by atoms with Gasteiger partial charge in [0.1, 0.15) is 17.3 Å².